The van der Waals surface area contributed by atoms with Crippen molar-refractivity contribution in [2.45, 2.75) is 18.6 Å². The summed E-state index contributed by atoms with van der Waals surface area (Å²) in [6, 6.07) is -0.350. The molecule has 1 aromatic rings. The fourth-order valence-electron chi connectivity index (χ4n) is 2.08. The third-order valence-corrected chi connectivity index (χ3v) is 3.08. The molecule has 2 amide bonds. The number of carbonyl (C=O) groups excluding carboxylic acids is 2. The smallest absolute Gasteiger partial charge is 0.272 e. The lowest BCUT2D eigenvalue weighted by Crippen LogP contribution is -2.52. The molecular formula is C11H17N5O3. The van der Waals surface area contributed by atoms with Gasteiger partial charge in [-0.25, -0.2) is 0 Å². The fourth-order valence-corrected chi connectivity index (χ4v) is 2.08. The van der Waals surface area contributed by atoms with Gasteiger partial charge in [0.2, 0.25) is 0 Å². The highest BCUT2D eigenvalue weighted by atomic mass is 16.3. The summed E-state index contributed by atoms with van der Waals surface area (Å²) in [7, 11) is 1.60. The second-order valence-corrected chi connectivity index (χ2v) is 4.57. The first-order chi connectivity index (χ1) is 8.99. The first-order valence-corrected chi connectivity index (χ1v) is 6.02. The van der Waals surface area contributed by atoms with Crippen molar-refractivity contribution in [3.63, 3.8) is 0 Å². The summed E-state index contributed by atoms with van der Waals surface area (Å²) in [6.45, 7) is 1.14. The van der Waals surface area contributed by atoms with Crippen LogP contribution in [-0.2, 0) is 7.05 Å². The number of hydrogen-bond acceptors (Lipinski definition) is 5. The number of carbonyl (C=O) groups is 2. The van der Waals surface area contributed by atoms with E-state index in [9.17, 15) is 14.7 Å². The number of nitrogens with zero attached hydrogens (tertiary/aromatic N) is 2. The molecule has 0 spiro atoms. The van der Waals surface area contributed by atoms with Crippen LogP contribution in [0.4, 0.5) is 0 Å². The topological polar surface area (TPSA) is 122 Å². The maximum absolute atomic E-state index is 12.1. The van der Waals surface area contributed by atoms with Crippen LogP contribution in [0.3, 0.4) is 0 Å². The number of rotatable bonds is 3. The number of aliphatic hydroxyl groups excluding tert-OH is 1. The normalized spacial score (nSPS) is 23.1. The van der Waals surface area contributed by atoms with Crippen LogP contribution in [0.15, 0.2) is 6.20 Å². The highest BCUT2D eigenvalue weighted by Crippen LogP contribution is 2.09. The number of aryl methyl sites for hydroxylation is 1. The van der Waals surface area contributed by atoms with E-state index in [1.807, 2.05) is 0 Å². The van der Waals surface area contributed by atoms with E-state index in [4.69, 9.17) is 5.73 Å². The minimum Gasteiger partial charge on any atom is -0.390 e. The van der Waals surface area contributed by atoms with Crippen LogP contribution in [0.5, 0.6) is 0 Å². The molecule has 0 saturated carbocycles. The molecule has 5 N–H and O–H groups in total. The quantitative estimate of drug-likeness (QED) is 0.503. The van der Waals surface area contributed by atoms with Crippen molar-refractivity contribution in [2.75, 3.05) is 13.1 Å². The van der Waals surface area contributed by atoms with Crippen LogP contribution >= 0.6 is 0 Å². The van der Waals surface area contributed by atoms with Gasteiger partial charge in [-0.15, -0.1) is 0 Å². The minimum atomic E-state index is -0.705. The van der Waals surface area contributed by atoms with Crippen molar-refractivity contribution >= 4 is 11.8 Å². The van der Waals surface area contributed by atoms with E-state index in [0.29, 0.717) is 19.5 Å². The van der Waals surface area contributed by atoms with Crippen LogP contribution < -0.4 is 16.4 Å². The van der Waals surface area contributed by atoms with Crippen molar-refractivity contribution in [3.8, 4) is 0 Å². The molecule has 8 nitrogen and oxygen atoms in total. The first kappa shape index (κ1) is 13.5. The van der Waals surface area contributed by atoms with Crippen LogP contribution in [0, 0.1) is 0 Å². The number of hydrogen-bond donors (Lipinski definition) is 4. The Morgan fingerprint density at radius 2 is 2.37 bits per heavy atom. The molecule has 1 fully saturated rings. The van der Waals surface area contributed by atoms with Gasteiger partial charge in [-0.1, -0.05) is 0 Å². The van der Waals surface area contributed by atoms with Crippen LogP contribution in [0.2, 0.25) is 0 Å². The van der Waals surface area contributed by atoms with Gasteiger partial charge < -0.3 is 21.5 Å². The minimum absolute atomic E-state index is 0.0132. The molecular weight excluding hydrogens is 250 g/mol. The van der Waals surface area contributed by atoms with Crippen molar-refractivity contribution in [1.29, 1.82) is 0 Å². The fraction of sp³-hybridized carbons (Fsp3) is 0.545. The molecule has 19 heavy (non-hydrogen) atoms. The summed E-state index contributed by atoms with van der Waals surface area (Å²) >= 11 is 0. The van der Waals surface area contributed by atoms with Crippen molar-refractivity contribution in [3.05, 3.63) is 17.5 Å². The Morgan fingerprint density at radius 1 is 1.63 bits per heavy atom. The monoisotopic (exact) mass is 267 g/mol. The van der Waals surface area contributed by atoms with Crippen LogP contribution in [-0.4, -0.2) is 51.9 Å². The van der Waals surface area contributed by atoms with E-state index >= 15 is 0 Å². The molecule has 1 aromatic heterocycles. The summed E-state index contributed by atoms with van der Waals surface area (Å²) in [4.78, 5) is 23.3. The van der Waals surface area contributed by atoms with Gasteiger partial charge in [-0.3, -0.25) is 14.3 Å². The predicted octanol–water partition coefficient (Wildman–Crippen LogP) is -2.03. The molecule has 1 saturated heterocycles. The summed E-state index contributed by atoms with van der Waals surface area (Å²) in [6.07, 6.45) is 1.36. The maximum Gasteiger partial charge on any atom is 0.272 e. The number of primary amides is 1. The second kappa shape index (κ2) is 5.37. The van der Waals surface area contributed by atoms with Gasteiger partial charge >= 0.3 is 0 Å². The van der Waals surface area contributed by atoms with Gasteiger partial charge in [0.05, 0.1) is 17.7 Å². The van der Waals surface area contributed by atoms with Gasteiger partial charge in [-0.05, 0) is 13.0 Å². The van der Waals surface area contributed by atoms with E-state index in [1.165, 1.54) is 10.9 Å². The summed E-state index contributed by atoms with van der Waals surface area (Å²) in [5.41, 5.74) is 5.25. The molecule has 2 heterocycles. The molecule has 2 rings (SSSR count). The van der Waals surface area contributed by atoms with Gasteiger partial charge in [0.25, 0.3) is 11.8 Å². The Hall–Kier alpha value is -1.93. The Labute approximate surface area is 110 Å². The standard InChI is InChI=1S/C11H17N5O3/c1-16-5-6(10(12)18)9(15-16)11(19)14-7-2-3-13-4-8(7)17/h5,7-8,13,17H,2-4H2,1H3,(H2,12,18)(H,14,19)/t7?,8-/m1/s1. The lowest BCUT2D eigenvalue weighted by atomic mass is 10.0. The van der Waals surface area contributed by atoms with Gasteiger partial charge in [-0.2, -0.15) is 5.10 Å². The number of aliphatic hydroxyl groups is 1. The number of piperidine rings is 1. The van der Waals surface area contributed by atoms with Crippen molar-refractivity contribution in [1.82, 2.24) is 20.4 Å². The highest BCUT2D eigenvalue weighted by Gasteiger charge is 2.27. The number of nitrogens with one attached hydrogen (secondary N) is 2. The molecule has 8 heteroatoms. The van der Waals surface area contributed by atoms with E-state index in [1.54, 1.807) is 7.05 Å². The third-order valence-electron chi connectivity index (χ3n) is 3.08. The van der Waals surface area contributed by atoms with Gasteiger partial charge in [0.1, 0.15) is 0 Å². The molecule has 0 aliphatic carbocycles. The van der Waals surface area contributed by atoms with Crippen LogP contribution in [0.1, 0.15) is 27.3 Å². The van der Waals surface area contributed by atoms with E-state index in [2.05, 4.69) is 15.7 Å². The lowest BCUT2D eigenvalue weighted by molar-refractivity contribution is 0.0757. The molecule has 1 aliphatic heterocycles. The Kier molecular flexibility index (Phi) is 3.82. The third kappa shape index (κ3) is 2.91. The first-order valence-electron chi connectivity index (χ1n) is 6.02. The average molecular weight is 267 g/mol. The average Bonchev–Trinajstić information content (AvgIpc) is 2.74. The summed E-state index contributed by atoms with van der Waals surface area (Å²) in [5.74, 6) is -1.20. The SMILES string of the molecule is Cn1cc(C(N)=O)c(C(=O)NC2CCNC[C@H]2O)n1. The van der Waals surface area contributed by atoms with Gasteiger partial charge in [0, 0.05) is 19.8 Å². The Balaban J connectivity index is 2.13. The largest absolute Gasteiger partial charge is 0.390 e. The molecule has 0 bridgehead atoms. The number of nitrogens with two attached hydrogens (primary N) is 1. The number of aromatic nitrogens is 2. The summed E-state index contributed by atoms with van der Waals surface area (Å²) in [5, 5.41) is 19.4. The number of amides is 2. The van der Waals surface area contributed by atoms with E-state index in [-0.39, 0.29) is 17.3 Å². The summed E-state index contributed by atoms with van der Waals surface area (Å²) < 4.78 is 1.36. The Bertz CT molecular complexity index is 499. The zero-order chi connectivity index (χ0) is 14.0. The van der Waals surface area contributed by atoms with Crippen LogP contribution in [0.25, 0.3) is 0 Å². The zero-order valence-corrected chi connectivity index (χ0v) is 10.6. The van der Waals surface area contributed by atoms with E-state index < -0.39 is 17.9 Å². The molecule has 1 aliphatic rings. The van der Waals surface area contributed by atoms with Gasteiger partial charge in [0.15, 0.2) is 5.69 Å². The molecule has 104 valence electrons. The number of β-amino-alcohol motifs (C(OH)–C–C–N with tert-alkyl or cyclic N) is 1. The predicted molar refractivity (Wildman–Crippen MR) is 66.5 cm³/mol. The molecule has 2 atom stereocenters. The second-order valence-electron chi connectivity index (χ2n) is 4.57. The zero-order valence-electron chi connectivity index (χ0n) is 10.6. The molecule has 0 radical (unpaired) electrons. The van der Waals surface area contributed by atoms with Crippen molar-refractivity contribution < 1.29 is 14.7 Å². The maximum atomic E-state index is 12.1. The van der Waals surface area contributed by atoms with E-state index in [0.717, 1.165) is 0 Å². The molecule has 0 aromatic carbocycles. The lowest BCUT2D eigenvalue weighted by Gasteiger charge is -2.28. The Morgan fingerprint density at radius 3 is 3.00 bits per heavy atom. The van der Waals surface area contributed by atoms with Crippen molar-refractivity contribution in [2.24, 2.45) is 12.8 Å². The molecule has 1 unspecified atom stereocenters. The highest BCUT2D eigenvalue weighted by molar-refractivity contribution is 6.05.